The predicted octanol–water partition coefficient (Wildman–Crippen LogP) is 2.37. The number of likely N-dealkylation sites (tertiary alicyclic amines) is 1. The molecule has 1 saturated heterocycles. The van der Waals surface area contributed by atoms with E-state index in [-0.39, 0.29) is 29.8 Å². The van der Waals surface area contributed by atoms with Crippen LogP contribution >= 0.6 is 23.7 Å². The van der Waals surface area contributed by atoms with Crippen LogP contribution in [0.5, 0.6) is 0 Å². The van der Waals surface area contributed by atoms with Gasteiger partial charge in [-0.2, -0.15) is 0 Å². The number of piperidine rings is 1. The molecule has 1 unspecified atom stereocenters. The zero-order valence-electron chi connectivity index (χ0n) is 10.2. The molecule has 5 heteroatoms. The maximum Gasteiger partial charge on any atom is 0.263 e. The summed E-state index contributed by atoms with van der Waals surface area (Å²) in [6, 6.07) is 3.99. The van der Waals surface area contributed by atoms with Crippen molar-refractivity contribution < 1.29 is 4.79 Å². The second kappa shape index (κ2) is 5.38. The van der Waals surface area contributed by atoms with Crippen molar-refractivity contribution in [2.24, 2.45) is 11.1 Å². The summed E-state index contributed by atoms with van der Waals surface area (Å²) < 4.78 is 0. The molecule has 3 nitrogen and oxygen atoms in total. The highest BCUT2D eigenvalue weighted by atomic mass is 35.5. The van der Waals surface area contributed by atoms with E-state index in [1.807, 2.05) is 22.4 Å². The SMILES string of the molecule is CC1(C)CN(C(=O)c2cccs2)CCC1N.Cl. The molecule has 0 radical (unpaired) electrons. The lowest BCUT2D eigenvalue weighted by atomic mass is 9.79. The van der Waals surface area contributed by atoms with Crippen LogP contribution in [0, 0.1) is 5.41 Å². The van der Waals surface area contributed by atoms with Gasteiger partial charge in [0.15, 0.2) is 0 Å². The first-order valence-electron chi connectivity index (χ1n) is 5.59. The molecule has 0 aromatic carbocycles. The molecule has 17 heavy (non-hydrogen) atoms. The third-order valence-electron chi connectivity index (χ3n) is 3.33. The van der Waals surface area contributed by atoms with E-state index in [2.05, 4.69) is 13.8 Å². The fourth-order valence-corrected chi connectivity index (χ4v) is 2.79. The van der Waals surface area contributed by atoms with Gasteiger partial charge in [-0.25, -0.2) is 0 Å². The summed E-state index contributed by atoms with van der Waals surface area (Å²) in [5, 5.41) is 1.94. The minimum atomic E-state index is 0. The van der Waals surface area contributed by atoms with Gasteiger partial charge in [0.2, 0.25) is 0 Å². The first-order chi connectivity index (χ1) is 7.50. The number of halogens is 1. The lowest BCUT2D eigenvalue weighted by molar-refractivity contribution is 0.0537. The Hall–Kier alpha value is -0.580. The van der Waals surface area contributed by atoms with E-state index in [4.69, 9.17) is 5.73 Å². The van der Waals surface area contributed by atoms with Crippen LogP contribution in [-0.2, 0) is 0 Å². The van der Waals surface area contributed by atoms with E-state index in [1.165, 1.54) is 11.3 Å². The largest absolute Gasteiger partial charge is 0.337 e. The molecule has 2 heterocycles. The molecular weight excluding hydrogens is 256 g/mol. The molecule has 1 aromatic heterocycles. The molecule has 0 saturated carbocycles. The van der Waals surface area contributed by atoms with Gasteiger partial charge in [0, 0.05) is 19.1 Å². The molecule has 1 aliphatic heterocycles. The van der Waals surface area contributed by atoms with Gasteiger partial charge in [0.1, 0.15) is 0 Å². The van der Waals surface area contributed by atoms with Crippen molar-refractivity contribution in [2.75, 3.05) is 13.1 Å². The van der Waals surface area contributed by atoms with Crippen LogP contribution in [-0.4, -0.2) is 29.9 Å². The molecule has 1 aliphatic rings. The van der Waals surface area contributed by atoms with Crippen molar-refractivity contribution in [3.8, 4) is 0 Å². The molecule has 1 aromatic rings. The Morgan fingerprint density at radius 1 is 1.59 bits per heavy atom. The Morgan fingerprint density at radius 3 is 2.82 bits per heavy atom. The predicted molar refractivity (Wildman–Crippen MR) is 73.8 cm³/mol. The van der Waals surface area contributed by atoms with E-state index in [1.54, 1.807) is 0 Å². The van der Waals surface area contributed by atoms with Crippen LogP contribution in [0.15, 0.2) is 17.5 Å². The molecule has 96 valence electrons. The van der Waals surface area contributed by atoms with Gasteiger partial charge in [0.25, 0.3) is 5.91 Å². The third kappa shape index (κ3) is 3.00. The lowest BCUT2D eigenvalue weighted by Gasteiger charge is -2.42. The average molecular weight is 275 g/mol. The van der Waals surface area contributed by atoms with Crippen LogP contribution in [0.2, 0.25) is 0 Å². The summed E-state index contributed by atoms with van der Waals surface area (Å²) in [7, 11) is 0. The summed E-state index contributed by atoms with van der Waals surface area (Å²) in [6.07, 6.45) is 0.893. The van der Waals surface area contributed by atoms with E-state index >= 15 is 0 Å². The van der Waals surface area contributed by atoms with E-state index < -0.39 is 0 Å². The van der Waals surface area contributed by atoms with Gasteiger partial charge < -0.3 is 10.6 Å². The Balaban J connectivity index is 0.00000144. The molecule has 1 amide bonds. The van der Waals surface area contributed by atoms with Gasteiger partial charge in [-0.15, -0.1) is 23.7 Å². The molecule has 1 atom stereocenters. The molecule has 0 bridgehead atoms. The molecule has 0 spiro atoms. The molecule has 2 rings (SSSR count). The van der Waals surface area contributed by atoms with Gasteiger partial charge in [0.05, 0.1) is 4.88 Å². The van der Waals surface area contributed by atoms with Crippen LogP contribution < -0.4 is 5.73 Å². The zero-order chi connectivity index (χ0) is 11.8. The average Bonchev–Trinajstić information content (AvgIpc) is 2.74. The van der Waals surface area contributed by atoms with Gasteiger partial charge in [-0.1, -0.05) is 19.9 Å². The number of hydrogen-bond acceptors (Lipinski definition) is 3. The maximum atomic E-state index is 12.2. The fraction of sp³-hybridized carbons (Fsp3) is 0.583. The van der Waals surface area contributed by atoms with Crippen molar-refractivity contribution in [2.45, 2.75) is 26.3 Å². The van der Waals surface area contributed by atoms with Crippen LogP contribution in [0.4, 0.5) is 0 Å². The summed E-state index contributed by atoms with van der Waals surface area (Å²) in [6.45, 7) is 5.79. The standard InChI is InChI=1S/C12H18N2OS.ClH/c1-12(2)8-14(6-5-10(12)13)11(15)9-4-3-7-16-9;/h3-4,7,10H,5-6,8,13H2,1-2H3;1H. The maximum absolute atomic E-state index is 12.2. The summed E-state index contributed by atoms with van der Waals surface area (Å²) in [4.78, 5) is 14.9. The van der Waals surface area contributed by atoms with Gasteiger partial charge in [-0.3, -0.25) is 4.79 Å². The van der Waals surface area contributed by atoms with Crippen molar-refractivity contribution in [1.82, 2.24) is 4.90 Å². The van der Waals surface area contributed by atoms with Gasteiger partial charge >= 0.3 is 0 Å². The monoisotopic (exact) mass is 274 g/mol. The highest BCUT2D eigenvalue weighted by Gasteiger charge is 2.35. The second-order valence-corrected chi connectivity index (χ2v) is 6.04. The number of nitrogens with zero attached hydrogens (tertiary/aromatic N) is 1. The number of carbonyl (C=O) groups excluding carboxylic acids is 1. The minimum absolute atomic E-state index is 0. The first kappa shape index (κ1) is 14.5. The van der Waals surface area contributed by atoms with Gasteiger partial charge in [-0.05, 0) is 23.3 Å². The molecule has 0 aliphatic carbocycles. The number of nitrogens with two attached hydrogens (primary N) is 1. The van der Waals surface area contributed by atoms with Crippen molar-refractivity contribution in [3.05, 3.63) is 22.4 Å². The topological polar surface area (TPSA) is 46.3 Å². The normalized spacial score (nSPS) is 23.0. The van der Waals surface area contributed by atoms with Crippen LogP contribution in [0.3, 0.4) is 0 Å². The number of rotatable bonds is 1. The van der Waals surface area contributed by atoms with E-state index in [0.29, 0.717) is 0 Å². The first-order valence-corrected chi connectivity index (χ1v) is 6.47. The summed E-state index contributed by atoms with van der Waals surface area (Å²) in [5.41, 5.74) is 6.08. The minimum Gasteiger partial charge on any atom is -0.337 e. The van der Waals surface area contributed by atoms with E-state index in [9.17, 15) is 4.79 Å². The lowest BCUT2D eigenvalue weighted by Crippen LogP contribution is -2.53. The smallest absolute Gasteiger partial charge is 0.263 e. The Labute approximate surface area is 112 Å². The molecule has 2 N–H and O–H groups in total. The molecule has 1 fully saturated rings. The zero-order valence-corrected chi connectivity index (χ0v) is 11.8. The quantitative estimate of drug-likeness (QED) is 0.855. The van der Waals surface area contributed by atoms with Crippen molar-refractivity contribution in [1.29, 1.82) is 0 Å². The van der Waals surface area contributed by atoms with E-state index in [0.717, 1.165) is 24.4 Å². The van der Waals surface area contributed by atoms with Crippen molar-refractivity contribution in [3.63, 3.8) is 0 Å². The Kier molecular flexibility index (Phi) is 4.58. The number of thiophene rings is 1. The van der Waals surface area contributed by atoms with Crippen molar-refractivity contribution >= 4 is 29.7 Å². The molecular formula is C12H19ClN2OS. The third-order valence-corrected chi connectivity index (χ3v) is 4.19. The number of hydrogen-bond donors (Lipinski definition) is 1. The fourth-order valence-electron chi connectivity index (χ4n) is 2.10. The highest BCUT2D eigenvalue weighted by molar-refractivity contribution is 7.12. The Morgan fingerprint density at radius 2 is 2.29 bits per heavy atom. The summed E-state index contributed by atoms with van der Waals surface area (Å²) >= 11 is 1.50. The second-order valence-electron chi connectivity index (χ2n) is 5.09. The highest BCUT2D eigenvalue weighted by Crippen LogP contribution is 2.29. The van der Waals surface area contributed by atoms with Crippen LogP contribution in [0.1, 0.15) is 29.9 Å². The van der Waals surface area contributed by atoms with Crippen LogP contribution in [0.25, 0.3) is 0 Å². The number of amides is 1. The number of carbonyl (C=O) groups is 1. The summed E-state index contributed by atoms with van der Waals surface area (Å²) in [5.74, 6) is 0.148. The Bertz CT molecular complexity index is 378.